The molecule has 98 valence electrons. The van der Waals surface area contributed by atoms with Crippen molar-refractivity contribution in [2.75, 3.05) is 5.33 Å². The van der Waals surface area contributed by atoms with E-state index in [0.29, 0.717) is 16.5 Å². The molecule has 20 heavy (non-hydrogen) atoms. The molecule has 2 rings (SSSR count). The highest BCUT2D eigenvalue weighted by molar-refractivity contribution is 9.09. The first kappa shape index (κ1) is 14.7. The molecule has 0 aromatic heterocycles. The maximum absolute atomic E-state index is 11.5. The summed E-state index contributed by atoms with van der Waals surface area (Å²) in [6, 6.07) is 14.7. The fourth-order valence-corrected chi connectivity index (χ4v) is 2.22. The van der Waals surface area contributed by atoms with Crippen molar-refractivity contribution in [3.63, 3.8) is 0 Å². The van der Waals surface area contributed by atoms with Crippen molar-refractivity contribution < 1.29 is 9.59 Å². The van der Waals surface area contributed by atoms with E-state index < -0.39 is 0 Å². The molecular weight excluding hydrogens is 315 g/mol. The van der Waals surface area contributed by atoms with Gasteiger partial charge in [0.15, 0.2) is 11.6 Å². The molecule has 0 bridgehead atoms. The van der Waals surface area contributed by atoms with Gasteiger partial charge >= 0.3 is 0 Å². The van der Waals surface area contributed by atoms with E-state index in [1.165, 1.54) is 0 Å². The molecule has 0 heterocycles. The highest BCUT2D eigenvalue weighted by Crippen LogP contribution is 2.21. The lowest BCUT2D eigenvalue weighted by atomic mass is 9.94. The van der Waals surface area contributed by atoms with Crippen LogP contribution in [-0.2, 0) is 0 Å². The van der Waals surface area contributed by atoms with E-state index in [1.807, 2.05) is 24.3 Å². The minimum atomic E-state index is -0.0742. The zero-order valence-electron chi connectivity index (χ0n) is 10.8. The van der Waals surface area contributed by atoms with Gasteiger partial charge in [-0.1, -0.05) is 64.5 Å². The van der Waals surface area contributed by atoms with E-state index in [0.717, 1.165) is 11.1 Å². The molecule has 2 aromatic carbocycles. The second-order valence-corrected chi connectivity index (χ2v) is 4.90. The van der Waals surface area contributed by atoms with Crippen LogP contribution in [0.15, 0.2) is 48.5 Å². The van der Waals surface area contributed by atoms with Crippen LogP contribution in [0, 0.1) is 0 Å². The quantitative estimate of drug-likeness (QED) is 0.477. The van der Waals surface area contributed by atoms with Crippen molar-refractivity contribution >= 4 is 35.3 Å². The Balaban J connectivity index is 2.23. The topological polar surface area (TPSA) is 34.1 Å². The Labute approximate surface area is 127 Å². The van der Waals surface area contributed by atoms with Crippen LogP contribution in [0.3, 0.4) is 0 Å². The summed E-state index contributed by atoms with van der Waals surface area (Å²) in [5, 5.41) is 0.322. The number of ketones is 2. The monoisotopic (exact) mass is 326 g/mol. The number of halogens is 1. The summed E-state index contributed by atoms with van der Waals surface area (Å²) in [7, 11) is 5.33. The number of rotatable bonds is 5. The molecule has 0 atom stereocenters. The number of carbonyl (C=O) groups is 2. The van der Waals surface area contributed by atoms with Gasteiger partial charge in [-0.2, -0.15) is 0 Å². The summed E-state index contributed by atoms with van der Waals surface area (Å²) >= 11 is 3.15. The van der Waals surface area contributed by atoms with Crippen molar-refractivity contribution in [1.82, 2.24) is 0 Å². The van der Waals surface area contributed by atoms with Crippen molar-refractivity contribution in [2.24, 2.45) is 0 Å². The van der Waals surface area contributed by atoms with Gasteiger partial charge in [0.05, 0.1) is 13.2 Å². The smallest absolute Gasteiger partial charge is 0.173 e. The standard InChI is InChI=1S/C16H12BBrO2/c17-9-15(19)13-5-1-11(2-6-13)12-3-7-14(8-4-12)16(20)10-18/h1-8H,9-10H2. The SMILES string of the molecule is [B]CC(=O)c1ccc(-c2ccc(C(=O)CBr)cc2)cc1. The predicted molar refractivity (Wildman–Crippen MR) is 84.9 cm³/mol. The van der Waals surface area contributed by atoms with E-state index in [2.05, 4.69) is 15.9 Å². The van der Waals surface area contributed by atoms with E-state index in [1.54, 1.807) is 24.3 Å². The van der Waals surface area contributed by atoms with Gasteiger partial charge in [-0.3, -0.25) is 9.59 Å². The average Bonchev–Trinajstić information content (AvgIpc) is 2.53. The lowest BCUT2D eigenvalue weighted by molar-refractivity contribution is 0.101. The van der Waals surface area contributed by atoms with Gasteiger partial charge in [-0.25, -0.2) is 0 Å². The average molecular weight is 327 g/mol. The molecule has 4 heteroatoms. The van der Waals surface area contributed by atoms with Crippen LogP contribution in [0.5, 0.6) is 0 Å². The Kier molecular flexibility index (Phi) is 4.91. The maximum atomic E-state index is 11.5. The second-order valence-electron chi connectivity index (χ2n) is 4.34. The molecule has 0 saturated heterocycles. The van der Waals surface area contributed by atoms with Crippen LogP contribution in [0.2, 0.25) is 6.32 Å². The number of benzene rings is 2. The first-order valence-electron chi connectivity index (χ1n) is 6.18. The first-order chi connectivity index (χ1) is 9.65. The van der Waals surface area contributed by atoms with Crippen molar-refractivity contribution in [2.45, 2.75) is 6.32 Å². The number of alkyl halides is 1. The van der Waals surface area contributed by atoms with Crippen LogP contribution in [0.1, 0.15) is 20.7 Å². The van der Waals surface area contributed by atoms with Gasteiger partial charge in [0, 0.05) is 11.1 Å². The van der Waals surface area contributed by atoms with E-state index in [-0.39, 0.29) is 17.9 Å². The summed E-state index contributed by atoms with van der Waals surface area (Å²) < 4.78 is 0. The highest BCUT2D eigenvalue weighted by atomic mass is 79.9. The summed E-state index contributed by atoms with van der Waals surface area (Å²) in [6.07, 6.45) is 0.0166. The van der Waals surface area contributed by atoms with Crippen molar-refractivity contribution in [1.29, 1.82) is 0 Å². The Morgan fingerprint density at radius 1 is 0.800 bits per heavy atom. The zero-order valence-corrected chi connectivity index (χ0v) is 12.4. The Morgan fingerprint density at radius 3 is 1.55 bits per heavy atom. The van der Waals surface area contributed by atoms with E-state index in [9.17, 15) is 9.59 Å². The van der Waals surface area contributed by atoms with Crippen LogP contribution in [0.4, 0.5) is 0 Å². The largest absolute Gasteiger partial charge is 0.295 e. The summed E-state index contributed by atoms with van der Waals surface area (Å²) in [4.78, 5) is 23.0. The zero-order chi connectivity index (χ0) is 14.5. The number of Topliss-reactive ketones (excluding diaryl/α,β-unsaturated/α-hetero) is 2. The maximum Gasteiger partial charge on any atom is 0.173 e. The van der Waals surface area contributed by atoms with Crippen LogP contribution in [0.25, 0.3) is 11.1 Å². The van der Waals surface area contributed by atoms with Crippen molar-refractivity contribution in [3.05, 3.63) is 59.7 Å². The molecule has 2 aromatic rings. The molecule has 0 spiro atoms. The van der Waals surface area contributed by atoms with Gasteiger partial charge in [-0.05, 0) is 17.4 Å². The van der Waals surface area contributed by atoms with Gasteiger partial charge in [0.2, 0.25) is 0 Å². The lowest BCUT2D eigenvalue weighted by Crippen LogP contribution is -1.99. The Hall–Kier alpha value is -1.68. The van der Waals surface area contributed by atoms with Gasteiger partial charge in [0.25, 0.3) is 0 Å². The molecule has 0 N–H and O–H groups in total. The third-order valence-electron chi connectivity index (χ3n) is 3.05. The summed E-state index contributed by atoms with van der Waals surface area (Å²) in [5.41, 5.74) is 3.29. The van der Waals surface area contributed by atoms with E-state index >= 15 is 0 Å². The van der Waals surface area contributed by atoms with Crippen molar-refractivity contribution in [3.8, 4) is 11.1 Å². The highest BCUT2D eigenvalue weighted by Gasteiger charge is 2.06. The molecular formula is C16H12BBrO2. The molecule has 0 saturated carbocycles. The fourth-order valence-electron chi connectivity index (χ4n) is 1.89. The van der Waals surface area contributed by atoms with E-state index in [4.69, 9.17) is 7.85 Å². The molecule has 0 amide bonds. The molecule has 0 fully saturated rings. The summed E-state index contributed by atoms with van der Waals surface area (Å²) in [5.74, 6) is -0.0183. The van der Waals surface area contributed by atoms with Crippen LogP contribution >= 0.6 is 15.9 Å². The molecule has 2 nitrogen and oxygen atoms in total. The Morgan fingerprint density at radius 2 is 1.20 bits per heavy atom. The molecule has 0 aliphatic rings. The normalized spacial score (nSPS) is 10.2. The summed E-state index contributed by atoms with van der Waals surface area (Å²) in [6.45, 7) is 0. The third kappa shape index (κ3) is 3.25. The minimum absolute atomic E-state index is 0.0166. The lowest BCUT2D eigenvalue weighted by Gasteiger charge is -2.04. The molecule has 2 radical (unpaired) electrons. The fraction of sp³-hybridized carbons (Fsp3) is 0.125. The van der Waals surface area contributed by atoms with Crippen LogP contribution in [-0.4, -0.2) is 24.7 Å². The number of hydrogen-bond acceptors (Lipinski definition) is 2. The molecule has 0 aliphatic heterocycles. The van der Waals surface area contributed by atoms with Gasteiger partial charge < -0.3 is 0 Å². The van der Waals surface area contributed by atoms with Gasteiger partial charge in [0.1, 0.15) is 0 Å². The van der Waals surface area contributed by atoms with Gasteiger partial charge in [-0.15, -0.1) is 0 Å². The minimum Gasteiger partial charge on any atom is -0.295 e. The third-order valence-corrected chi connectivity index (χ3v) is 3.56. The Bertz CT molecular complexity index is 560. The molecule has 0 unspecified atom stereocenters. The molecule has 0 aliphatic carbocycles. The number of carbonyl (C=O) groups excluding carboxylic acids is 2. The predicted octanol–water partition coefficient (Wildman–Crippen LogP) is 3.70. The first-order valence-corrected chi connectivity index (χ1v) is 7.31. The second kappa shape index (κ2) is 6.66. The van der Waals surface area contributed by atoms with Crippen LogP contribution < -0.4 is 0 Å². The number of hydrogen-bond donors (Lipinski definition) is 0.